The van der Waals surface area contributed by atoms with Gasteiger partial charge in [0.2, 0.25) is 0 Å². The molecule has 0 aromatic heterocycles. The van der Waals surface area contributed by atoms with Crippen LogP contribution in [0.4, 0.5) is 14.5 Å². The quantitative estimate of drug-likeness (QED) is 0.871. The van der Waals surface area contributed by atoms with Gasteiger partial charge in [-0.2, -0.15) is 0 Å². The van der Waals surface area contributed by atoms with Crippen molar-refractivity contribution >= 4 is 11.6 Å². The van der Waals surface area contributed by atoms with Gasteiger partial charge in [-0.25, -0.2) is 8.78 Å². The van der Waals surface area contributed by atoms with Crippen LogP contribution in [-0.4, -0.2) is 23.9 Å². The summed E-state index contributed by atoms with van der Waals surface area (Å²) < 4.78 is 26.0. The summed E-state index contributed by atoms with van der Waals surface area (Å²) in [4.78, 5) is 14.4. The minimum absolute atomic E-state index is 0.223. The van der Waals surface area contributed by atoms with E-state index in [1.807, 2.05) is 12.1 Å². The molecule has 2 rings (SSSR count). The van der Waals surface area contributed by atoms with Crippen molar-refractivity contribution < 1.29 is 13.6 Å². The van der Waals surface area contributed by atoms with Crippen molar-refractivity contribution in [2.75, 3.05) is 18.4 Å². The van der Waals surface area contributed by atoms with Crippen molar-refractivity contribution in [3.63, 3.8) is 0 Å². The average molecular weight is 318 g/mol. The molecule has 5 heteroatoms. The van der Waals surface area contributed by atoms with Gasteiger partial charge < -0.3 is 5.32 Å². The van der Waals surface area contributed by atoms with E-state index >= 15 is 0 Å². The van der Waals surface area contributed by atoms with Crippen molar-refractivity contribution in [1.29, 1.82) is 0 Å². The molecule has 0 radical (unpaired) electrons. The lowest BCUT2D eigenvalue weighted by atomic mass is 10.1. The molecule has 2 aromatic carbocycles. The fourth-order valence-corrected chi connectivity index (χ4v) is 2.24. The second kappa shape index (κ2) is 7.83. The summed E-state index contributed by atoms with van der Waals surface area (Å²) in [6.07, 6.45) is 0. The molecule has 0 saturated carbocycles. The van der Waals surface area contributed by atoms with E-state index in [-0.39, 0.29) is 11.6 Å². The maximum absolute atomic E-state index is 13.1. The molecular weight excluding hydrogens is 298 g/mol. The van der Waals surface area contributed by atoms with Crippen LogP contribution in [0.25, 0.3) is 0 Å². The van der Waals surface area contributed by atoms with E-state index in [0.717, 1.165) is 37.3 Å². The summed E-state index contributed by atoms with van der Waals surface area (Å²) in [7, 11) is 0. The lowest BCUT2D eigenvalue weighted by Gasteiger charge is -2.18. The van der Waals surface area contributed by atoms with Gasteiger partial charge >= 0.3 is 0 Å². The molecule has 0 aliphatic rings. The summed E-state index contributed by atoms with van der Waals surface area (Å²) in [5, 5.41) is 2.55. The van der Waals surface area contributed by atoms with E-state index in [9.17, 15) is 13.6 Å². The monoisotopic (exact) mass is 318 g/mol. The second-order valence-electron chi connectivity index (χ2n) is 5.24. The van der Waals surface area contributed by atoms with Crippen LogP contribution >= 0.6 is 0 Å². The molecule has 0 bridgehead atoms. The average Bonchev–Trinajstić information content (AvgIpc) is 2.56. The van der Waals surface area contributed by atoms with Gasteiger partial charge in [0.05, 0.1) is 0 Å². The van der Waals surface area contributed by atoms with Gasteiger partial charge in [-0.15, -0.1) is 0 Å². The number of halogens is 2. The van der Waals surface area contributed by atoms with Crippen LogP contribution in [0, 0.1) is 11.6 Å². The first-order valence-electron chi connectivity index (χ1n) is 7.61. The Bertz CT molecular complexity index is 667. The summed E-state index contributed by atoms with van der Waals surface area (Å²) >= 11 is 0. The Hall–Kier alpha value is -2.27. The number of nitrogens with zero attached hydrogens (tertiary/aromatic N) is 1. The molecule has 1 N–H and O–H groups in total. The number of benzene rings is 2. The number of nitrogens with one attached hydrogen (secondary N) is 1. The third kappa shape index (κ3) is 4.60. The van der Waals surface area contributed by atoms with Crippen molar-refractivity contribution in [1.82, 2.24) is 4.90 Å². The molecule has 3 nitrogen and oxygen atoms in total. The number of rotatable bonds is 6. The normalized spacial score (nSPS) is 10.8. The first kappa shape index (κ1) is 17.1. The smallest absolute Gasteiger partial charge is 0.255 e. The largest absolute Gasteiger partial charge is 0.322 e. The van der Waals surface area contributed by atoms with Crippen LogP contribution in [0.1, 0.15) is 29.8 Å². The maximum Gasteiger partial charge on any atom is 0.255 e. The van der Waals surface area contributed by atoms with Crippen LogP contribution < -0.4 is 5.32 Å². The van der Waals surface area contributed by atoms with Gasteiger partial charge in [0.15, 0.2) is 11.6 Å². The summed E-state index contributed by atoms with van der Waals surface area (Å²) in [5.41, 5.74) is 1.82. The third-order valence-electron chi connectivity index (χ3n) is 3.69. The predicted molar refractivity (Wildman–Crippen MR) is 87.4 cm³/mol. The standard InChI is InChI=1S/C18H20F2N2O/c1-3-22(4-2)12-13-5-7-14(8-6-13)18(23)21-15-9-10-16(19)17(20)11-15/h5-11H,3-4,12H2,1-2H3,(H,21,23). The summed E-state index contributed by atoms with van der Waals surface area (Å²) in [6, 6.07) is 10.5. The van der Waals surface area contributed by atoms with E-state index < -0.39 is 11.6 Å². The highest BCUT2D eigenvalue weighted by atomic mass is 19.2. The fourth-order valence-electron chi connectivity index (χ4n) is 2.24. The Morgan fingerprint density at radius 3 is 2.22 bits per heavy atom. The van der Waals surface area contributed by atoms with Crippen LogP contribution in [0.2, 0.25) is 0 Å². The van der Waals surface area contributed by atoms with Crippen molar-refractivity contribution in [2.45, 2.75) is 20.4 Å². The molecule has 0 aliphatic heterocycles. The molecule has 23 heavy (non-hydrogen) atoms. The topological polar surface area (TPSA) is 32.3 Å². The highest BCUT2D eigenvalue weighted by molar-refractivity contribution is 6.04. The molecule has 0 unspecified atom stereocenters. The summed E-state index contributed by atoms with van der Waals surface area (Å²) in [5.74, 6) is -2.29. The molecule has 1 amide bonds. The predicted octanol–water partition coefficient (Wildman–Crippen LogP) is 4.06. The second-order valence-corrected chi connectivity index (χ2v) is 5.24. The molecular formula is C18H20F2N2O. The van der Waals surface area contributed by atoms with E-state index in [2.05, 4.69) is 24.1 Å². The Kier molecular flexibility index (Phi) is 5.82. The number of carbonyl (C=O) groups excluding carboxylic acids is 1. The first-order chi connectivity index (χ1) is 11.0. The van der Waals surface area contributed by atoms with E-state index in [0.29, 0.717) is 5.56 Å². The van der Waals surface area contributed by atoms with Crippen molar-refractivity contribution in [2.24, 2.45) is 0 Å². The molecule has 2 aromatic rings. The Labute approximate surface area is 134 Å². The molecule has 0 aliphatic carbocycles. The van der Waals surface area contributed by atoms with Crippen LogP contribution in [0.3, 0.4) is 0 Å². The van der Waals surface area contributed by atoms with Crippen molar-refractivity contribution in [3.8, 4) is 0 Å². The maximum atomic E-state index is 13.1. The van der Waals surface area contributed by atoms with Gasteiger partial charge in [-0.3, -0.25) is 9.69 Å². The lowest BCUT2D eigenvalue weighted by Crippen LogP contribution is -2.22. The molecule has 122 valence electrons. The number of hydrogen-bond donors (Lipinski definition) is 1. The Morgan fingerprint density at radius 2 is 1.65 bits per heavy atom. The SMILES string of the molecule is CCN(CC)Cc1ccc(C(=O)Nc2ccc(F)c(F)c2)cc1. The zero-order valence-corrected chi connectivity index (χ0v) is 13.3. The van der Waals surface area contributed by atoms with Crippen LogP contribution in [0.15, 0.2) is 42.5 Å². The van der Waals surface area contributed by atoms with Gasteiger partial charge in [0.1, 0.15) is 0 Å². The highest BCUT2D eigenvalue weighted by Gasteiger charge is 2.09. The summed E-state index contributed by atoms with van der Waals surface area (Å²) in [6.45, 7) is 6.97. The number of anilines is 1. The van der Waals surface area contributed by atoms with Gasteiger partial charge in [0, 0.05) is 23.9 Å². The third-order valence-corrected chi connectivity index (χ3v) is 3.69. The molecule has 0 fully saturated rings. The van der Waals surface area contributed by atoms with Crippen LogP contribution in [-0.2, 0) is 6.54 Å². The van der Waals surface area contributed by atoms with Gasteiger partial charge in [-0.1, -0.05) is 26.0 Å². The minimum atomic E-state index is -0.989. The van der Waals surface area contributed by atoms with E-state index in [1.54, 1.807) is 12.1 Å². The Balaban J connectivity index is 2.03. The molecule has 0 atom stereocenters. The Morgan fingerprint density at radius 1 is 1.00 bits per heavy atom. The van der Waals surface area contributed by atoms with E-state index in [1.165, 1.54) is 6.07 Å². The zero-order chi connectivity index (χ0) is 16.8. The first-order valence-corrected chi connectivity index (χ1v) is 7.61. The molecule has 0 heterocycles. The van der Waals surface area contributed by atoms with Gasteiger partial charge in [-0.05, 0) is 42.9 Å². The van der Waals surface area contributed by atoms with Crippen LogP contribution in [0.5, 0.6) is 0 Å². The fraction of sp³-hybridized carbons (Fsp3) is 0.278. The molecule has 0 spiro atoms. The van der Waals surface area contributed by atoms with Crippen molar-refractivity contribution in [3.05, 3.63) is 65.2 Å². The zero-order valence-electron chi connectivity index (χ0n) is 13.3. The molecule has 0 saturated heterocycles. The van der Waals surface area contributed by atoms with Gasteiger partial charge in [0.25, 0.3) is 5.91 Å². The minimum Gasteiger partial charge on any atom is -0.322 e. The highest BCUT2D eigenvalue weighted by Crippen LogP contribution is 2.15. The lowest BCUT2D eigenvalue weighted by molar-refractivity contribution is 0.102. The van der Waals surface area contributed by atoms with E-state index in [4.69, 9.17) is 0 Å². The number of carbonyl (C=O) groups is 1. The number of amides is 1. The number of hydrogen-bond acceptors (Lipinski definition) is 2.